The van der Waals surface area contributed by atoms with Crippen molar-refractivity contribution in [2.45, 2.75) is 6.42 Å². The van der Waals surface area contributed by atoms with Gasteiger partial charge in [0.15, 0.2) is 0 Å². The summed E-state index contributed by atoms with van der Waals surface area (Å²) in [5.41, 5.74) is 1.62. The molecule has 0 aliphatic rings. The summed E-state index contributed by atoms with van der Waals surface area (Å²) in [5, 5.41) is 8.88. The molecule has 2 heterocycles. The van der Waals surface area contributed by atoms with Gasteiger partial charge in [-0.3, -0.25) is 0 Å². The van der Waals surface area contributed by atoms with Gasteiger partial charge in [0, 0.05) is 17.7 Å². The molecule has 1 aromatic carbocycles. The van der Waals surface area contributed by atoms with E-state index in [2.05, 4.69) is 10.2 Å². The van der Waals surface area contributed by atoms with Crippen LogP contribution in [0.2, 0.25) is 0 Å². The quantitative estimate of drug-likeness (QED) is 0.668. The molecule has 0 amide bonds. The summed E-state index contributed by atoms with van der Waals surface area (Å²) in [6.07, 6.45) is 2.20. The van der Waals surface area contributed by atoms with Crippen molar-refractivity contribution in [1.82, 2.24) is 10.2 Å². The maximum Gasteiger partial charge on any atom is 0.251 e. The highest BCUT2D eigenvalue weighted by atomic mass is 35.5. The summed E-state index contributed by atoms with van der Waals surface area (Å²) >= 11 is 5.62. The van der Waals surface area contributed by atoms with Crippen LogP contribution in [-0.2, 0) is 6.42 Å². The minimum Gasteiger partial charge on any atom is -0.463 e. The van der Waals surface area contributed by atoms with Gasteiger partial charge in [-0.15, -0.1) is 21.8 Å². The first kappa shape index (κ1) is 10.4. The fourth-order valence-corrected chi connectivity index (χ4v) is 1.85. The summed E-state index contributed by atoms with van der Waals surface area (Å²) in [5.74, 6) is 1.48. The molecule has 0 N–H and O–H groups in total. The lowest BCUT2D eigenvalue weighted by atomic mass is 10.2. The van der Waals surface area contributed by atoms with Crippen LogP contribution in [0.15, 0.2) is 39.4 Å². The van der Waals surface area contributed by atoms with Crippen molar-refractivity contribution in [2.24, 2.45) is 0 Å². The van der Waals surface area contributed by atoms with Crippen LogP contribution >= 0.6 is 11.6 Å². The number of aromatic nitrogens is 2. The minimum absolute atomic E-state index is 0.466. The molecule has 2 aromatic heterocycles. The smallest absolute Gasteiger partial charge is 0.251 e. The van der Waals surface area contributed by atoms with Crippen LogP contribution in [0.4, 0.5) is 0 Å². The molecule has 3 aromatic rings. The Hall–Kier alpha value is -1.81. The minimum atomic E-state index is 0.466. The largest absolute Gasteiger partial charge is 0.463 e. The Labute approximate surface area is 102 Å². The van der Waals surface area contributed by atoms with Gasteiger partial charge in [0.25, 0.3) is 5.89 Å². The first-order valence-electron chi connectivity index (χ1n) is 5.23. The average Bonchev–Trinajstić information content (AvgIpc) is 2.95. The molecular formula is C12H9ClN2O2. The number of hydrogen-bond donors (Lipinski definition) is 0. The lowest BCUT2D eigenvalue weighted by molar-refractivity contribution is 0.512. The summed E-state index contributed by atoms with van der Waals surface area (Å²) < 4.78 is 10.9. The Bertz CT molecular complexity index is 645. The highest BCUT2D eigenvalue weighted by molar-refractivity contribution is 6.17. The molecule has 0 radical (unpaired) electrons. The van der Waals surface area contributed by atoms with Gasteiger partial charge in [0.1, 0.15) is 11.8 Å². The zero-order valence-corrected chi connectivity index (χ0v) is 9.65. The predicted molar refractivity (Wildman–Crippen MR) is 63.9 cm³/mol. The molecule has 0 fully saturated rings. The molecule has 17 heavy (non-hydrogen) atoms. The monoisotopic (exact) mass is 248 g/mol. The summed E-state index contributed by atoms with van der Waals surface area (Å²) in [7, 11) is 0. The first-order chi connectivity index (χ1) is 8.38. The molecule has 3 rings (SSSR count). The van der Waals surface area contributed by atoms with Crippen molar-refractivity contribution in [3.05, 3.63) is 36.4 Å². The third-order valence-electron chi connectivity index (χ3n) is 2.49. The van der Waals surface area contributed by atoms with E-state index >= 15 is 0 Å². The predicted octanol–water partition coefficient (Wildman–Crippen LogP) is 3.26. The van der Waals surface area contributed by atoms with Gasteiger partial charge in [-0.05, 0) is 6.07 Å². The number of halogens is 1. The van der Waals surface area contributed by atoms with Gasteiger partial charge in [0.2, 0.25) is 5.89 Å². The lowest BCUT2D eigenvalue weighted by Crippen LogP contribution is -1.84. The van der Waals surface area contributed by atoms with Crippen LogP contribution in [-0.4, -0.2) is 16.1 Å². The molecular weight excluding hydrogens is 240 g/mol. The van der Waals surface area contributed by atoms with Crippen LogP contribution in [0.1, 0.15) is 5.89 Å². The van der Waals surface area contributed by atoms with Gasteiger partial charge >= 0.3 is 0 Å². The van der Waals surface area contributed by atoms with Crippen LogP contribution in [0.5, 0.6) is 0 Å². The van der Waals surface area contributed by atoms with Gasteiger partial charge in [-0.1, -0.05) is 18.2 Å². The fraction of sp³-hybridized carbons (Fsp3) is 0.167. The molecule has 4 nitrogen and oxygen atoms in total. The maximum absolute atomic E-state index is 5.62. The molecule has 0 atom stereocenters. The maximum atomic E-state index is 5.62. The van der Waals surface area contributed by atoms with Crippen LogP contribution in [0.25, 0.3) is 22.4 Å². The number of benzene rings is 1. The molecule has 0 spiro atoms. The van der Waals surface area contributed by atoms with Gasteiger partial charge in [0.05, 0.1) is 5.56 Å². The number of fused-ring (bicyclic) bond motifs is 1. The van der Waals surface area contributed by atoms with E-state index in [-0.39, 0.29) is 0 Å². The van der Waals surface area contributed by atoms with E-state index < -0.39 is 0 Å². The van der Waals surface area contributed by atoms with Crippen LogP contribution in [0, 0.1) is 0 Å². The first-order valence-corrected chi connectivity index (χ1v) is 5.77. The standard InChI is InChI=1S/C12H9ClN2O2/c13-6-5-11-14-15-12(17-11)9-7-16-10-4-2-1-3-8(9)10/h1-4,7H,5-6H2. The number of hydrogen-bond acceptors (Lipinski definition) is 4. The molecule has 0 aliphatic heterocycles. The zero-order valence-electron chi connectivity index (χ0n) is 8.89. The number of alkyl halides is 1. The third-order valence-corrected chi connectivity index (χ3v) is 2.68. The SMILES string of the molecule is ClCCc1nnc(-c2coc3ccccc23)o1. The lowest BCUT2D eigenvalue weighted by Gasteiger charge is -1.90. The molecule has 0 aliphatic carbocycles. The third kappa shape index (κ3) is 1.80. The summed E-state index contributed by atoms with van der Waals surface area (Å²) in [6, 6.07) is 7.72. The number of aryl methyl sites for hydroxylation is 1. The Balaban J connectivity index is 2.07. The fourth-order valence-electron chi connectivity index (χ4n) is 1.69. The van der Waals surface area contributed by atoms with Gasteiger partial charge in [-0.2, -0.15) is 0 Å². The summed E-state index contributed by atoms with van der Waals surface area (Å²) in [4.78, 5) is 0. The number of furan rings is 1. The van der Waals surface area contributed by atoms with Crippen LogP contribution < -0.4 is 0 Å². The molecule has 86 valence electrons. The highest BCUT2D eigenvalue weighted by Crippen LogP contribution is 2.29. The van der Waals surface area contributed by atoms with Crippen LogP contribution in [0.3, 0.4) is 0 Å². The topological polar surface area (TPSA) is 52.1 Å². The van der Waals surface area contributed by atoms with E-state index in [4.69, 9.17) is 20.4 Å². The van der Waals surface area contributed by atoms with E-state index in [1.165, 1.54) is 0 Å². The second kappa shape index (κ2) is 4.22. The molecule has 0 saturated carbocycles. The van der Waals surface area contributed by atoms with E-state index in [9.17, 15) is 0 Å². The molecule has 5 heteroatoms. The Morgan fingerprint density at radius 1 is 1.18 bits per heavy atom. The number of rotatable bonds is 3. The van der Waals surface area contributed by atoms with Crippen molar-refractivity contribution >= 4 is 22.6 Å². The van der Waals surface area contributed by atoms with E-state index in [1.807, 2.05) is 24.3 Å². The molecule has 0 unspecified atom stereocenters. The van der Waals surface area contributed by atoms with Crippen molar-refractivity contribution in [2.75, 3.05) is 5.88 Å². The van der Waals surface area contributed by atoms with Crippen molar-refractivity contribution in [3.8, 4) is 11.5 Å². The molecule has 0 bridgehead atoms. The van der Waals surface area contributed by atoms with Gasteiger partial charge < -0.3 is 8.83 Å². The summed E-state index contributed by atoms with van der Waals surface area (Å²) in [6.45, 7) is 0. The van der Waals surface area contributed by atoms with Gasteiger partial charge in [-0.25, -0.2) is 0 Å². The Morgan fingerprint density at radius 3 is 2.94 bits per heavy atom. The van der Waals surface area contributed by atoms with Crippen molar-refractivity contribution in [1.29, 1.82) is 0 Å². The second-order valence-corrected chi connectivity index (χ2v) is 3.96. The van der Waals surface area contributed by atoms with E-state index in [0.29, 0.717) is 24.1 Å². The van der Waals surface area contributed by atoms with Crippen molar-refractivity contribution in [3.63, 3.8) is 0 Å². The number of nitrogens with zero attached hydrogens (tertiary/aromatic N) is 2. The normalized spacial score (nSPS) is 11.1. The Kier molecular flexibility index (Phi) is 2.57. The van der Waals surface area contributed by atoms with Crippen molar-refractivity contribution < 1.29 is 8.83 Å². The van der Waals surface area contributed by atoms with E-state index in [1.54, 1.807) is 6.26 Å². The number of para-hydroxylation sites is 1. The Morgan fingerprint density at radius 2 is 2.06 bits per heavy atom. The second-order valence-electron chi connectivity index (χ2n) is 3.59. The van der Waals surface area contributed by atoms with E-state index in [0.717, 1.165) is 16.5 Å². The average molecular weight is 249 g/mol. The highest BCUT2D eigenvalue weighted by Gasteiger charge is 2.13. The zero-order chi connectivity index (χ0) is 11.7. The molecule has 0 saturated heterocycles.